The van der Waals surface area contributed by atoms with Crippen molar-refractivity contribution in [1.29, 1.82) is 0 Å². The summed E-state index contributed by atoms with van der Waals surface area (Å²) in [6.07, 6.45) is 5.81. The molecule has 0 N–H and O–H groups in total. The summed E-state index contributed by atoms with van der Waals surface area (Å²) in [7, 11) is 0. The van der Waals surface area contributed by atoms with Crippen LogP contribution in [0.25, 0.3) is 55.8 Å². The Morgan fingerprint density at radius 3 is 1.85 bits per heavy atom. The van der Waals surface area contributed by atoms with Gasteiger partial charge in [0.15, 0.2) is 0 Å². The Balaban J connectivity index is 0.00000544. The van der Waals surface area contributed by atoms with Crippen molar-refractivity contribution < 1.29 is 25.8 Å². The molecule has 3 heterocycles. The Labute approximate surface area is 371 Å². The van der Waals surface area contributed by atoms with Crippen LogP contribution in [0.3, 0.4) is 0 Å². The quantitative estimate of drug-likeness (QED) is 0.156. The van der Waals surface area contributed by atoms with E-state index in [1.807, 2.05) is 42.9 Å². The first-order valence-corrected chi connectivity index (χ1v) is 20.7. The molecule has 8 rings (SSSR count). The second kappa shape index (κ2) is 15.7. The van der Waals surface area contributed by atoms with Gasteiger partial charge in [0.25, 0.3) is 0 Å². The Morgan fingerprint density at radius 2 is 1.22 bits per heavy atom. The zero-order valence-electron chi connectivity index (χ0n) is 37.3. The van der Waals surface area contributed by atoms with Gasteiger partial charge in [-0.3, -0.25) is 4.98 Å². The number of imidazole rings is 1. The van der Waals surface area contributed by atoms with Gasteiger partial charge in [0, 0.05) is 41.3 Å². The van der Waals surface area contributed by atoms with Gasteiger partial charge in [-0.15, -0.1) is 41.3 Å². The van der Waals surface area contributed by atoms with Crippen molar-refractivity contribution >= 4 is 21.8 Å². The number of ether oxygens (including phenoxy) is 1. The fourth-order valence-corrected chi connectivity index (χ4v) is 8.65. The van der Waals surface area contributed by atoms with E-state index in [-0.39, 0.29) is 37.3 Å². The van der Waals surface area contributed by atoms with Crippen LogP contribution in [0.1, 0.15) is 101 Å². The molecule has 0 spiro atoms. The molecule has 0 amide bonds. The van der Waals surface area contributed by atoms with Crippen molar-refractivity contribution in [3.05, 3.63) is 155 Å². The summed E-state index contributed by atoms with van der Waals surface area (Å²) in [6.45, 7) is 29.2. The molecule has 0 radical (unpaired) electrons. The van der Waals surface area contributed by atoms with Crippen LogP contribution in [0.15, 0.2) is 104 Å². The maximum atomic E-state index is 6.64. The molecule has 5 nitrogen and oxygen atoms in total. The summed E-state index contributed by atoms with van der Waals surface area (Å²) in [5, 5.41) is 2.31. The molecule has 0 aliphatic carbocycles. The topological polar surface area (TPSA) is 44.9 Å². The van der Waals surface area contributed by atoms with E-state index in [9.17, 15) is 0 Å². The van der Waals surface area contributed by atoms with Crippen LogP contribution in [-0.4, -0.2) is 19.1 Å². The number of hydrogen-bond donors (Lipinski definition) is 0. The molecule has 0 aliphatic rings. The van der Waals surface area contributed by atoms with E-state index in [1.165, 1.54) is 49.9 Å². The average Bonchev–Trinajstić information content (AvgIpc) is 3.76. The minimum absolute atomic E-state index is 0. The van der Waals surface area contributed by atoms with E-state index in [0.717, 1.165) is 44.9 Å². The molecule has 0 unspecified atom stereocenters. The molecule has 60 heavy (non-hydrogen) atoms. The first-order chi connectivity index (χ1) is 27.8. The molecule has 0 bridgehead atoms. The summed E-state index contributed by atoms with van der Waals surface area (Å²) in [5.74, 6) is 2.83. The predicted molar refractivity (Wildman–Crippen MR) is 246 cm³/mol. The number of nitrogens with zero attached hydrogens (tertiary/aromatic N) is 4. The van der Waals surface area contributed by atoms with Gasteiger partial charge >= 0.3 is 21.1 Å². The van der Waals surface area contributed by atoms with Crippen molar-refractivity contribution in [3.63, 3.8) is 0 Å². The predicted octanol–water partition coefficient (Wildman–Crippen LogP) is 14.2. The molecular formula is C54H56N4OPt. The monoisotopic (exact) mass is 971 g/mol. The van der Waals surface area contributed by atoms with Crippen LogP contribution >= 0.6 is 0 Å². The van der Waals surface area contributed by atoms with Gasteiger partial charge in [0.1, 0.15) is 5.82 Å². The number of pyridine rings is 1. The fourth-order valence-electron chi connectivity index (χ4n) is 8.65. The molecule has 0 atom stereocenters. The van der Waals surface area contributed by atoms with E-state index in [2.05, 4.69) is 172 Å². The van der Waals surface area contributed by atoms with E-state index in [4.69, 9.17) is 14.7 Å². The second-order valence-electron chi connectivity index (χ2n) is 19.4. The summed E-state index contributed by atoms with van der Waals surface area (Å²) in [6, 6.07) is 37.6. The smallest absolute Gasteiger partial charge is 0.503 e. The maximum Gasteiger partial charge on any atom is 2.00 e. The van der Waals surface area contributed by atoms with Crippen LogP contribution in [-0.2, 0) is 37.3 Å². The largest absolute Gasteiger partial charge is 2.00 e. The third-order valence-corrected chi connectivity index (χ3v) is 11.6. The summed E-state index contributed by atoms with van der Waals surface area (Å²) >= 11 is 0. The molecule has 8 aromatic rings. The Hall–Kier alpha value is -5.25. The Bertz CT molecular complexity index is 2860. The van der Waals surface area contributed by atoms with E-state index >= 15 is 0 Å². The third kappa shape index (κ3) is 7.90. The molecule has 0 fully saturated rings. The van der Waals surface area contributed by atoms with Gasteiger partial charge in [-0.25, -0.2) is 4.98 Å². The van der Waals surface area contributed by atoms with Crippen molar-refractivity contribution in [2.75, 3.05) is 0 Å². The Kier molecular flexibility index (Phi) is 11.2. The second-order valence-corrected chi connectivity index (χ2v) is 19.4. The maximum absolute atomic E-state index is 6.64. The van der Waals surface area contributed by atoms with Gasteiger partial charge in [-0.2, -0.15) is 6.07 Å². The van der Waals surface area contributed by atoms with Gasteiger partial charge in [-0.1, -0.05) is 110 Å². The third-order valence-electron chi connectivity index (χ3n) is 11.6. The average molecular weight is 972 g/mol. The van der Waals surface area contributed by atoms with Crippen LogP contribution < -0.4 is 4.74 Å². The molecule has 0 saturated carbocycles. The molecule has 5 aromatic carbocycles. The minimum atomic E-state index is -0.0844. The number of aryl methyl sites for hydroxylation is 4. The van der Waals surface area contributed by atoms with E-state index < -0.39 is 0 Å². The zero-order chi connectivity index (χ0) is 42.2. The standard InChI is InChI=1S/C54H56N4O.Pt/c1-33-26-39(52(5,6)7)27-34(2)48(33)37-22-23-55-47(31-37)58-45-19-15-18-44(54(11,12)13)49(45)43-21-20-42(32-46(43)58)59-41-17-14-16-38(30-41)51-56-24-25-57(51)50-35(3)28-40(29-36(50)4)53(8,9)10;/h14-29,31H,1-13H3;/q-2;+2. The van der Waals surface area contributed by atoms with Gasteiger partial charge in [0.2, 0.25) is 0 Å². The van der Waals surface area contributed by atoms with Gasteiger partial charge < -0.3 is 13.9 Å². The van der Waals surface area contributed by atoms with Crippen molar-refractivity contribution in [2.45, 2.75) is 106 Å². The number of fused-ring (bicyclic) bond motifs is 3. The minimum Gasteiger partial charge on any atom is -0.503 e. The SMILES string of the molecule is Cc1cc(C(C)(C)C)cc(C)c1-c1ccnc(-n2c3[c-]c(Oc4[c-]c(-c5nccn5-c5c(C)cc(C(C)(C)C)cc5C)ccc4)ccc3c3c(C(C)(C)C)cccc32)c1.[Pt+2]. The van der Waals surface area contributed by atoms with E-state index in [1.54, 1.807) is 0 Å². The molecule has 0 saturated heterocycles. The number of benzene rings is 5. The van der Waals surface area contributed by atoms with Crippen LogP contribution in [0, 0.1) is 39.8 Å². The zero-order valence-corrected chi connectivity index (χ0v) is 39.6. The first kappa shape index (κ1) is 42.9. The fraction of sp³-hybridized carbons (Fsp3) is 0.296. The van der Waals surface area contributed by atoms with Gasteiger partial charge in [-0.05, 0) is 118 Å². The Morgan fingerprint density at radius 1 is 0.600 bits per heavy atom. The molecular weight excluding hydrogens is 916 g/mol. The number of rotatable bonds is 6. The first-order valence-electron chi connectivity index (χ1n) is 20.7. The van der Waals surface area contributed by atoms with Gasteiger partial charge in [0.05, 0.1) is 5.82 Å². The summed E-state index contributed by atoms with van der Waals surface area (Å²) in [5.41, 5.74) is 15.3. The number of hydrogen-bond acceptors (Lipinski definition) is 3. The van der Waals surface area contributed by atoms with Crippen molar-refractivity contribution in [3.8, 4) is 45.5 Å². The molecule has 308 valence electrons. The van der Waals surface area contributed by atoms with Crippen molar-refractivity contribution in [1.82, 2.24) is 19.1 Å². The molecule has 0 aliphatic heterocycles. The summed E-state index contributed by atoms with van der Waals surface area (Å²) in [4.78, 5) is 9.83. The molecule has 3 aromatic heterocycles. The summed E-state index contributed by atoms with van der Waals surface area (Å²) < 4.78 is 11.0. The van der Waals surface area contributed by atoms with E-state index in [0.29, 0.717) is 11.5 Å². The van der Waals surface area contributed by atoms with Crippen LogP contribution in [0.5, 0.6) is 11.5 Å². The normalized spacial score (nSPS) is 12.3. The van der Waals surface area contributed by atoms with Crippen molar-refractivity contribution in [2.24, 2.45) is 0 Å². The molecule has 6 heteroatoms. The number of aromatic nitrogens is 4. The van der Waals surface area contributed by atoms with Crippen LogP contribution in [0.2, 0.25) is 0 Å². The van der Waals surface area contributed by atoms with Crippen LogP contribution in [0.4, 0.5) is 0 Å².